The van der Waals surface area contributed by atoms with E-state index in [1.807, 2.05) is 5.38 Å². The first-order valence-corrected chi connectivity index (χ1v) is 7.32. The Balaban J connectivity index is 1.47. The molecule has 2 heterocycles. The number of hydrogen-bond acceptors (Lipinski definition) is 5. The van der Waals surface area contributed by atoms with E-state index in [4.69, 9.17) is 9.47 Å². The fourth-order valence-electron chi connectivity index (χ4n) is 2.70. The van der Waals surface area contributed by atoms with E-state index in [0.29, 0.717) is 6.04 Å². The van der Waals surface area contributed by atoms with E-state index in [1.54, 1.807) is 0 Å². The van der Waals surface area contributed by atoms with Gasteiger partial charge >= 0.3 is 4.87 Å². The predicted octanol–water partition coefficient (Wildman–Crippen LogP) is 1.21. The third-order valence-corrected chi connectivity index (χ3v) is 4.43. The molecule has 6 heteroatoms. The van der Waals surface area contributed by atoms with Crippen LogP contribution < -0.4 is 10.2 Å². The second-order valence-corrected chi connectivity index (χ2v) is 5.78. The highest BCUT2D eigenvalue weighted by molar-refractivity contribution is 7.07. The van der Waals surface area contributed by atoms with Crippen molar-refractivity contribution in [1.82, 2.24) is 10.3 Å². The Morgan fingerprint density at radius 1 is 1.39 bits per heavy atom. The monoisotopic (exact) mass is 270 g/mol. The topological polar surface area (TPSA) is 63.4 Å². The van der Waals surface area contributed by atoms with E-state index in [0.717, 1.165) is 51.1 Å². The summed E-state index contributed by atoms with van der Waals surface area (Å²) in [5.74, 6) is -0.283. The van der Waals surface area contributed by atoms with Gasteiger partial charge in [-0.15, -0.1) is 0 Å². The number of rotatable bonds is 3. The van der Waals surface area contributed by atoms with Crippen LogP contribution in [0.4, 0.5) is 0 Å². The van der Waals surface area contributed by atoms with Crippen LogP contribution in [0.15, 0.2) is 10.2 Å². The molecule has 2 fully saturated rings. The summed E-state index contributed by atoms with van der Waals surface area (Å²) in [5, 5.41) is 5.36. The molecule has 3 rings (SSSR count). The quantitative estimate of drug-likeness (QED) is 0.866. The molecular formula is C12H18N2O3S. The Morgan fingerprint density at radius 3 is 2.72 bits per heavy atom. The molecule has 100 valence electrons. The zero-order chi connectivity index (χ0) is 12.4. The van der Waals surface area contributed by atoms with Gasteiger partial charge in [-0.1, -0.05) is 11.3 Å². The molecule has 5 nitrogen and oxygen atoms in total. The van der Waals surface area contributed by atoms with Crippen molar-refractivity contribution in [3.8, 4) is 0 Å². The Labute approximate surface area is 110 Å². The van der Waals surface area contributed by atoms with Gasteiger partial charge in [0.2, 0.25) is 0 Å². The van der Waals surface area contributed by atoms with Gasteiger partial charge in [-0.3, -0.25) is 4.79 Å². The highest BCUT2D eigenvalue weighted by atomic mass is 32.1. The van der Waals surface area contributed by atoms with E-state index in [-0.39, 0.29) is 10.7 Å². The van der Waals surface area contributed by atoms with Crippen molar-refractivity contribution in [2.45, 2.75) is 44.1 Å². The lowest BCUT2D eigenvalue weighted by Gasteiger charge is -2.35. The number of H-pyrrole nitrogens is 1. The highest BCUT2D eigenvalue weighted by Gasteiger charge is 2.40. The Hall–Kier alpha value is -0.690. The average Bonchev–Trinajstić information content (AvgIpc) is 2.99. The van der Waals surface area contributed by atoms with Crippen LogP contribution in [0.1, 0.15) is 31.4 Å². The van der Waals surface area contributed by atoms with Crippen LogP contribution in [0.2, 0.25) is 0 Å². The number of nitrogens with one attached hydrogen (secondary N) is 2. The number of ether oxygens (including phenoxy) is 2. The van der Waals surface area contributed by atoms with Crippen LogP contribution in [0.5, 0.6) is 0 Å². The van der Waals surface area contributed by atoms with Crippen LogP contribution in [0.25, 0.3) is 0 Å². The Bertz CT molecular complexity index is 440. The number of thiazole rings is 1. The molecule has 2 aliphatic rings. The summed E-state index contributed by atoms with van der Waals surface area (Å²) in [4.78, 5) is 13.8. The van der Waals surface area contributed by atoms with Crippen LogP contribution in [-0.4, -0.2) is 30.0 Å². The van der Waals surface area contributed by atoms with Crippen molar-refractivity contribution in [2.24, 2.45) is 0 Å². The largest absolute Gasteiger partial charge is 0.348 e. The van der Waals surface area contributed by atoms with Gasteiger partial charge in [0.15, 0.2) is 5.79 Å². The van der Waals surface area contributed by atoms with E-state index in [2.05, 4.69) is 10.3 Å². The number of aromatic nitrogens is 1. The molecule has 18 heavy (non-hydrogen) atoms. The molecule has 0 radical (unpaired) electrons. The predicted molar refractivity (Wildman–Crippen MR) is 68.7 cm³/mol. The first-order valence-electron chi connectivity index (χ1n) is 6.44. The van der Waals surface area contributed by atoms with Gasteiger partial charge in [-0.2, -0.15) is 0 Å². The highest BCUT2D eigenvalue weighted by Crippen LogP contribution is 2.35. The Kier molecular flexibility index (Phi) is 3.52. The summed E-state index contributed by atoms with van der Waals surface area (Å²) in [6, 6.07) is 0.492. The summed E-state index contributed by atoms with van der Waals surface area (Å²) in [6.07, 6.45) is 4.05. The zero-order valence-electron chi connectivity index (χ0n) is 10.2. The average molecular weight is 270 g/mol. The lowest BCUT2D eigenvalue weighted by molar-refractivity contribution is -0.179. The summed E-state index contributed by atoms with van der Waals surface area (Å²) >= 11 is 1.22. The molecule has 1 spiro atoms. The lowest BCUT2D eigenvalue weighted by atomic mass is 9.90. The summed E-state index contributed by atoms with van der Waals surface area (Å²) in [7, 11) is 0. The van der Waals surface area contributed by atoms with Crippen molar-refractivity contribution >= 4 is 11.3 Å². The van der Waals surface area contributed by atoms with Crippen LogP contribution in [-0.2, 0) is 16.0 Å². The van der Waals surface area contributed by atoms with E-state index in [9.17, 15) is 4.79 Å². The molecule has 1 aromatic heterocycles. The third kappa shape index (κ3) is 2.66. The minimum Gasteiger partial charge on any atom is -0.348 e. The maximum absolute atomic E-state index is 11.0. The zero-order valence-corrected chi connectivity index (χ0v) is 11.1. The molecule has 0 atom stereocenters. The molecular weight excluding hydrogens is 252 g/mol. The Morgan fingerprint density at radius 2 is 2.11 bits per heavy atom. The maximum atomic E-state index is 11.0. The van der Waals surface area contributed by atoms with Crippen molar-refractivity contribution in [3.05, 3.63) is 20.7 Å². The number of aromatic amines is 1. The van der Waals surface area contributed by atoms with Crippen molar-refractivity contribution in [1.29, 1.82) is 0 Å². The second kappa shape index (κ2) is 5.13. The van der Waals surface area contributed by atoms with Crippen LogP contribution >= 0.6 is 11.3 Å². The van der Waals surface area contributed by atoms with Gasteiger partial charge in [0.25, 0.3) is 0 Å². The van der Waals surface area contributed by atoms with E-state index >= 15 is 0 Å². The maximum Gasteiger partial charge on any atom is 0.304 e. The summed E-state index contributed by atoms with van der Waals surface area (Å²) in [6.45, 7) is 2.20. The first-order chi connectivity index (χ1) is 8.76. The molecule has 2 N–H and O–H groups in total. The molecule has 1 aliphatic heterocycles. The summed E-state index contributed by atoms with van der Waals surface area (Å²) < 4.78 is 11.4. The van der Waals surface area contributed by atoms with Crippen LogP contribution in [0.3, 0.4) is 0 Å². The fraction of sp³-hybridized carbons (Fsp3) is 0.750. The molecule has 1 aliphatic carbocycles. The van der Waals surface area contributed by atoms with Crippen LogP contribution in [0, 0.1) is 0 Å². The molecule has 0 amide bonds. The summed E-state index contributed by atoms with van der Waals surface area (Å²) in [5.41, 5.74) is 0.971. The molecule has 1 saturated carbocycles. The van der Waals surface area contributed by atoms with Crippen molar-refractivity contribution < 1.29 is 9.47 Å². The van der Waals surface area contributed by atoms with E-state index in [1.165, 1.54) is 11.3 Å². The van der Waals surface area contributed by atoms with Crippen molar-refractivity contribution in [2.75, 3.05) is 13.2 Å². The third-order valence-electron chi connectivity index (χ3n) is 3.71. The molecule has 0 aromatic carbocycles. The van der Waals surface area contributed by atoms with Gasteiger partial charge in [-0.05, 0) is 12.8 Å². The van der Waals surface area contributed by atoms with Gasteiger partial charge in [0.1, 0.15) is 0 Å². The lowest BCUT2D eigenvalue weighted by Crippen LogP contribution is -2.41. The minimum absolute atomic E-state index is 0.0159. The molecule has 1 aromatic rings. The molecule has 0 unspecified atom stereocenters. The fourth-order valence-corrected chi connectivity index (χ4v) is 3.28. The smallest absolute Gasteiger partial charge is 0.304 e. The van der Waals surface area contributed by atoms with Crippen molar-refractivity contribution in [3.63, 3.8) is 0 Å². The molecule has 0 bridgehead atoms. The normalized spacial score (nSPS) is 23.8. The SMILES string of the molecule is O=c1[nH]c(CNC2CCC3(CC2)OCCO3)cs1. The van der Waals surface area contributed by atoms with Gasteiger partial charge < -0.3 is 19.8 Å². The van der Waals surface area contributed by atoms with Gasteiger partial charge in [0.05, 0.1) is 13.2 Å². The number of hydrogen-bond donors (Lipinski definition) is 2. The van der Waals surface area contributed by atoms with Gasteiger partial charge in [-0.25, -0.2) is 0 Å². The molecule has 1 saturated heterocycles. The second-order valence-electron chi connectivity index (χ2n) is 4.94. The standard InChI is InChI=1S/C12H18N2O3S/c15-11-14-10(8-18-11)7-13-9-1-3-12(4-2-9)16-5-6-17-12/h8-9,13H,1-7H2,(H,14,15). The van der Waals surface area contributed by atoms with E-state index < -0.39 is 0 Å². The minimum atomic E-state index is -0.283. The van der Waals surface area contributed by atoms with Gasteiger partial charge in [0, 0.05) is 36.5 Å². The first kappa shape index (κ1) is 12.3.